The van der Waals surface area contributed by atoms with Gasteiger partial charge in [0.25, 0.3) is 0 Å². The molecule has 0 spiro atoms. The molecule has 0 N–H and O–H groups in total. The van der Waals surface area contributed by atoms with E-state index in [2.05, 4.69) is 15.9 Å². The zero-order valence-corrected chi connectivity index (χ0v) is 9.44. The molecule has 0 atom stereocenters. The summed E-state index contributed by atoms with van der Waals surface area (Å²) in [6, 6.07) is 7.00. The molecule has 1 aromatic carbocycles. The molecule has 1 nitrogen and oxygen atoms in total. The second-order valence-corrected chi connectivity index (χ2v) is 3.95. The Balaban J connectivity index is 2.61. The summed E-state index contributed by atoms with van der Waals surface area (Å²) in [5, 5.41) is 1.53. The fourth-order valence-electron chi connectivity index (χ4n) is 1.01. The van der Waals surface area contributed by atoms with E-state index in [1.165, 1.54) is 0 Å². The summed E-state index contributed by atoms with van der Waals surface area (Å²) in [6.45, 7) is 0. The summed E-state index contributed by atoms with van der Waals surface area (Å²) in [5.41, 5.74) is 0.741. The predicted octanol–water partition coefficient (Wildman–Crippen LogP) is 3.70. The summed E-state index contributed by atoms with van der Waals surface area (Å²) < 4.78 is 0. The van der Waals surface area contributed by atoms with Crippen molar-refractivity contribution in [3.63, 3.8) is 0 Å². The molecule has 0 heterocycles. The van der Waals surface area contributed by atoms with Crippen LogP contribution < -0.4 is 0 Å². The Morgan fingerprint density at radius 2 is 1.92 bits per heavy atom. The zero-order valence-electron chi connectivity index (χ0n) is 7.09. The van der Waals surface area contributed by atoms with Crippen molar-refractivity contribution in [3.8, 4) is 0 Å². The molecule has 70 valence electrons. The van der Waals surface area contributed by atoms with Crippen LogP contribution in [0.2, 0.25) is 5.02 Å². The molecular formula is C10H10BrClO. The maximum Gasteiger partial charge on any atom is 0.162 e. The van der Waals surface area contributed by atoms with Gasteiger partial charge >= 0.3 is 0 Å². The van der Waals surface area contributed by atoms with Crippen molar-refractivity contribution in [1.82, 2.24) is 0 Å². The van der Waals surface area contributed by atoms with E-state index in [0.717, 1.165) is 17.3 Å². The molecule has 0 bridgehead atoms. The Hall–Kier alpha value is -0.340. The summed E-state index contributed by atoms with van der Waals surface area (Å²) in [6.07, 6.45) is 1.47. The Bertz CT molecular complexity index is 281. The van der Waals surface area contributed by atoms with Gasteiger partial charge in [-0.25, -0.2) is 0 Å². The number of benzene rings is 1. The van der Waals surface area contributed by atoms with E-state index in [1.54, 1.807) is 24.3 Å². The van der Waals surface area contributed by atoms with Crippen LogP contribution in [0.4, 0.5) is 0 Å². The van der Waals surface area contributed by atoms with Gasteiger partial charge in [0.05, 0.1) is 0 Å². The van der Waals surface area contributed by atoms with E-state index in [0.29, 0.717) is 11.4 Å². The standard InChI is InChI=1S/C10H10BrClO/c11-7-1-2-10(13)8-3-5-9(12)6-4-8/h3-6H,1-2,7H2. The van der Waals surface area contributed by atoms with E-state index in [-0.39, 0.29) is 5.78 Å². The Morgan fingerprint density at radius 1 is 1.31 bits per heavy atom. The second-order valence-electron chi connectivity index (χ2n) is 2.72. The van der Waals surface area contributed by atoms with Crippen molar-refractivity contribution < 1.29 is 4.79 Å². The molecule has 0 radical (unpaired) electrons. The monoisotopic (exact) mass is 260 g/mol. The van der Waals surface area contributed by atoms with Gasteiger partial charge in [-0.3, -0.25) is 4.79 Å². The molecule has 0 unspecified atom stereocenters. The van der Waals surface area contributed by atoms with Gasteiger partial charge in [0.2, 0.25) is 0 Å². The topological polar surface area (TPSA) is 17.1 Å². The normalized spacial score (nSPS) is 10.0. The summed E-state index contributed by atoms with van der Waals surface area (Å²) in [5.74, 6) is 0.177. The molecule has 0 fully saturated rings. The third-order valence-electron chi connectivity index (χ3n) is 1.70. The van der Waals surface area contributed by atoms with Crippen molar-refractivity contribution in [1.29, 1.82) is 0 Å². The quantitative estimate of drug-likeness (QED) is 0.597. The smallest absolute Gasteiger partial charge is 0.162 e. The van der Waals surface area contributed by atoms with E-state index in [9.17, 15) is 4.79 Å². The highest BCUT2D eigenvalue weighted by Gasteiger charge is 2.03. The summed E-state index contributed by atoms with van der Waals surface area (Å²) in [7, 11) is 0. The lowest BCUT2D eigenvalue weighted by atomic mass is 10.1. The molecule has 0 saturated carbocycles. The first-order chi connectivity index (χ1) is 6.24. The molecule has 1 rings (SSSR count). The highest BCUT2D eigenvalue weighted by molar-refractivity contribution is 9.09. The lowest BCUT2D eigenvalue weighted by molar-refractivity contribution is 0.0982. The molecule has 0 amide bonds. The molecule has 0 saturated heterocycles. The van der Waals surface area contributed by atoms with Crippen molar-refractivity contribution >= 4 is 33.3 Å². The molecule has 13 heavy (non-hydrogen) atoms. The number of carbonyl (C=O) groups excluding carboxylic acids is 1. The number of hydrogen-bond acceptors (Lipinski definition) is 1. The average Bonchev–Trinajstić information content (AvgIpc) is 2.15. The van der Waals surface area contributed by atoms with Gasteiger partial charge in [-0.05, 0) is 30.7 Å². The molecular weight excluding hydrogens is 251 g/mol. The SMILES string of the molecule is O=C(CCCBr)c1ccc(Cl)cc1. The first-order valence-corrected chi connectivity index (χ1v) is 5.58. The number of hydrogen-bond donors (Lipinski definition) is 0. The summed E-state index contributed by atoms with van der Waals surface area (Å²) >= 11 is 8.99. The second kappa shape index (κ2) is 5.40. The van der Waals surface area contributed by atoms with E-state index in [4.69, 9.17) is 11.6 Å². The van der Waals surface area contributed by atoms with Crippen LogP contribution in [-0.4, -0.2) is 11.1 Å². The van der Waals surface area contributed by atoms with Crippen LogP contribution in [0.15, 0.2) is 24.3 Å². The molecule has 0 aliphatic carbocycles. The number of Topliss-reactive ketones (excluding diaryl/α,β-unsaturated/α-hetero) is 1. The fraction of sp³-hybridized carbons (Fsp3) is 0.300. The molecule has 3 heteroatoms. The van der Waals surface area contributed by atoms with E-state index < -0.39 is 0 Å². The molecule has 0 aliphatic heterocycles. The van der Waals surface area contributed by atoms with Crippen LogP contribution in [0.25, 0.3) is 0 Å². The number of ketones is 1. The van der Waals surface area contributed by atoms with Gasteiger partial charge in [-0.1, -0.05) is 27.5 Å². The predicted molar refractivity (Wildman–Crippen MR) is 58.8 cm³/mol. The van der Waals surface area contributed by atoms with E-state index in [1.807, 2.05) is 0 Å². The number of rotatable bonds is 4. The van der Waals surface area contributed by atoms with Gasteiger partial charge in [0.1, 0.15) is 0 Å². The van der Waals surface area contributed by atoms with Gasteiger partial charge in [0, 0.05) is 22.3 Å². The Kier molecular flexibility index (Phi) is 4.46. The fourth-order valence-corrected chi connectivity index (χ4v) is 1.41. The zero-order chi connectivity index (χ0) is 9.68. The molecule has 0 aliphatic rings. The number of carbonyl (C=O) groups is 1. The minimum absolute atomic E-state index is 0.177. The lowest BCUT2D eigenvalue weighted by Crippen LogP contribution is -1.98. The number of halogens is 2. The van der Waals surface area contributed by atoms with Gasteiger partial charge < -0.3 is 0 Å². The molecule has 0 aromatic heterocycles. The maximum absolute atomic E-state index is 11.5. The average molecular weight is 262 g/mol. The number of alkyl halides is 1. The maximum atomic E-state index is 11.5. The van der Waals surface area contributed by atoms with Gasteiger partial charge in [-0.15, -0.1) is 0 Å². The van der Waals surface area contributed by atoms with E-state index >= 15 is 0 Å². The van der Waals surface area contributed by atoms with Crippen molar-refractivity contribution in [2.24, 2.45) is 0 Å². The van der Waals surface area contributed by atoms with Crippen LogP contribution in [0.1, 0.15) is 23.2 Å². The van der Waals surface area contributed by atoms with Crippen molar-refractivity contribution in [2.75, 3.05) is 5.33 Å². The van der Waals surface area contributed by atoms with Crippen LogP contribution >= 0.6 is 27.5 Å². The van der Waals surface area contributed by atoms with Crippen LogP contribution in [0.5, 0.6) is 0 Å². The Labute approximate surface area is 91.2 Å². The first-order valence-electron chi connectivity index (χ1n) is 4.09. The third-order valence-corrected chi connectivity index (χ3v) is 2.52. The highest BCUT2D eigenvalue weighted by atomic mass is 79.9. The van der Waals surface area contributed by atoms with Gasteiger partial charge in [-0.2, -0.15) is 0 Å². The minimum Gasteiger partial charge on any atom is -0.294 e. The van der Waals surface area contributed by atoms with Gasteiger partial charge in [0.15, 0.2) is 5.78 Å². The Morgan fingerprint density at radius 3 is 2.46 bits per heavy atom. The lowest BCUT2D eigenvalue weighted by Gasteiger charge is -1.98. The summed E-state index contributed by atoms with van der Waals surface area (Å²) in [4.78, 5) is 11.5. The van der Waals surface area contributed by atoms with Crippen molar-refractivity contribution in [2.45, 2.75) is 12.8 Å². The highest BCUT2D eigenvalue weighted by Crippen LogP contribution is 2.12. The minimum atomic E-state index is 0.177. The molecule has 1 aromatic rings. The first kappa shape index (κ1) is 10.7. The van der Waals surface area contributed by atoms with Crippen LogP contribution in [0, 0.1) is 0 Å². The third kappa shape index (κ3) is 3.49. The van der Waals surface area contributed by atoms with Crippen molar-refractivity contribution in [3.05, 3.63) is 34.9 Å². The van der Waals surface area contributed by atoms with Crippen LogP contribution in [0.3, 0.4) is 0 Å². The largest absolute Gasteiger partial charge is 0.294 e. The van der Waals surface area contributed by atoms with Crippen LogP contribution in [-0.2, 0) is 0 Å².